The third-order valence-electron chi connectivity index (χ3n) is 5.75. The first-order chi connectivity index (χ1) is 16.3. The first-order valence-electron chi connectivity index (χ1n) is 11.5. The Morgan fingerprint density at radius 2 is 1.09 bits per heavy atom. The Labute approximate surface area is 192 Å². The van der Waals surface area contributed by atoms with Crippen molar-refractivity contribution in [1.82, 2.24) is 0 Å². The van der Waals surface area contributed by atoms with Gasteiger partial charge in [-0.15, -0.1) is 0 Å². The van der Waals surface area contributed by atoms with Gasteiger partial charge in [0.15, 0.2) is 11.5 Å². The molecule has 8 nitrogen and oxygen atoms in total. The summed E-state index contributed by atoms with van der Waals surface area (Å²) < 4.78 is 46.4. The molecule has 4 heterocycles. The summed E-state index contributed by atoms with van der Waals surface area (Å²) in [5.41, 5.74) is 2.13. The smallest absolute Gasteiger partial charge is 0.207 e. The van der Waals surface area contributed by atoms with Crippen LogP contribution in [0.4, 0.5) is 0 Å². The molecule has 4 atom stereocenters. The summed E-state index contributed by atoms with van der Waals surface area (Å²) in [6, 6.07) is 12.3. The summed E-state index contributed by atoms with van der Waals surface area (Å²) in [5.74, 6) is 2.37. The molecule has 0 N–H and O–H groups in total. The highest BCUT2D eigenvalue weighted by atomic mass is 16.6. The molecule has 4 fully saturated rings. The molecular formula is C25H28O8. The Kier molecular flexibility index (Phi) is 5.98. The van der Waals surface area contributed by atoms with Crippen LogP contribution in [-0.4, -0.2) is 77.3 Å². The van der Waals surface area contributed by atoms with E-state index in [1.54, 1.807) is 0 Å². The number of hydrogen-bond donors (Lipinski definition) is 0. The highest BCUT2D eigenvalue weighted by Crippen LogP contribution is 2.49. The summed E-state index contributed by atoms with van der Waals surface area (Å²) >= 11 is 0. The molecule has 33 heavy (non-hydrogen) atoms. The molecule has 2 aromatic rings. The lowest BCUT2D eigenvalue weighted by Gasteiger charge is -2.22. The summed E-state index contributed by atoms with van der Waals surface area (Å²) in [5, 5.41) is 0. The molecule has 0 aliphatic carbocycles. The third kappa shape index (κ3) is 5.89. The van der Waals surface area contributed by atoms with E-state index < -0.39 is 0 Å². The molecule has 4 unspecified atom stereocenters. The summed E-state index contributed by atoms with van der Waals surface area (Å²) in [7, 11) is 0. The Hall–Kier alpha value is -2.52. The molecule has 176 valence electrons. The van der Waals surface area contributed by atoms with Crippen molar-refractivity contribution >= 4 is 0 Å². The normalized spacial score (nSPS) is 26.4. The lowest BCUT2D eigenvalue weighted by Crippen LogP contribution is -2.15. The zero-order valence-corrected chi connectivity index (χ0v) is 18.4. The molecule has 0 aromatic heterocycles. The highest BCUT2D eigenvalue weighted by Gasteiger charge is 2.33. The van der Waals surface area contributed by atoms with Crippen LogP contribution in [0.25, 0.3) is 0 Å². The van der Waals surface area contributed by atoms with Gasteiger partial charge in [0.05, 0.1) is 26.4 Å². The fourth-order valence-corrected chi connectivity index (χ4v) is 3.50. The van der Waals surface area contributed by atoms with Crippen molar-refractivity contribution in [1.29, 1.82) is 0 Å². The summed E-state index contributed by atoms with van der Waals surface area (Å²) in [6.07, 6.45) is 1.08. The van der Waals surface area contributed by atoms with Gasteiger partial charge in [-0.1, -0.05) is 30.3 Å². The Bertz CT molecular complexity index is 949. The topological polar surface area (TPSA) is 87.0 Å². The van der Waals surface area contributed by atoms with Crippen LogP contribution in [0.2, 0.25) is 0 Å². The second kappa shape index (κ2) is 9.38. The van der Waals surface area contributed by atoms with Gasteiger partial charge in [-0.05, 0) is 11.6 Å². The van der Waals surface area contributed by atoms with Gasteiger partial charge in [0, 0.05) is 12.0 Å². The van der Waals surface area contributed by atoms with E-state index in [-0.39, 0.29) is 24.4 Å². The molecule has 2 aromatic carbocycles. The second-order valence-corrected chi connectivity index (χ2v) is 8.75. The standard InChI is InChI=1S/C25H28O8/c1-2-4-16(5-3-1)6-17-7-22(30-12-18-8-26-18)24(32-14-20-10-28-20)25(33-15-21-11-29-21)23(17)31-13-19-9-27-19/h1-5,7,18-21H,6,8-15H2. The van der Waals surface area contributed by atoms with Crippen LogP contribution in [0.1, 0.15) is 11.1 Å². The van der Waals surface area contributed by atoms with Gasteiger partial charge in [0.2, 0.25) is 11.5 Å². The van der Waals surface area contributed by atoms with E-state index in [9.17, 15) is 0 Å². The van der Waals surface area contributed by atoms with Crippen molar-refractivity contribution in [2.24, 2.45) is 0 Å². The average Bonchev–Trinajstić information content (AvgIpc) is 3.66. The number of rotatable bonds is 14. The van der Waals surface area contributed by atoms with Crippen molar-refractivity contribution in [2.45, 2.75) is 30.8 Å². The maximum atomic E-state index is 6.29. The molecule has 8 heteroatoms. The third-order valence-corrected chi connectivity index (χ3v) is 5.75. The zero-order chi connectivity index (χ0) is 22.0. The molecule has 4 aliphatic heterocycles. The van der Waals surface area contributed by atoms with Crippen molar-refractivity contribution in [3.05, 3.63) is 47.5 Å². The average molecular weight is 456 g/mol. The molecule has 4 aliphatic rings. The van der Waals surface area contributed by atoms with E-state index in [2.05, 4.69) is 12.1 Å². The van der Waals surface area contributed by atoms with Gasteiger partial charge in [0.1, 0.15) is 50.8 Å². The predicted octanol–water partition coefficient (Wildman–Crippen LogP) is 2.39. The van der Waals surface area contributed by atoms with E-state index in [1.165, 1.54) is 0 Å². The number of benzene rings is 2. The fourth-order valence-electron chi connectivity index (χ4n) is 3.50. The maximum absolute atomic E-state index is 6.29. The number of ether oxygens (including phenoxy) is 8. The van der Waals surface area contributed by atoms with Crippen LogP contribution in [0.5, 0.6) is 23.0 Å². The van der Waals surface area contributed by atoms with E-state index in [0.717, 1.165) is 11.1 Å². The zero-order valence-electron chi connectivity index (χ0n) is 18.4. The molecule has 6 rings (SSSR count). The minimum Gasteiger partial charge on any atom is -0.487 e. The lowest BCUT2D eigenvalue weighted by atomic mass is 10.0. The van der Waals surface area contributed by atoms with Gasteiger partial charge < -0.3 is 37.9 Å². The molecule has 4 saturated heterocycles. The SMILES string of the molecule is c1ccc(Cc2cc(OCC3CO3)c(OCC3CO3)c(OCC3CO3)c2OCC2CO2)cc1. The van der Waals surface area contributed by atoms with Gasteiger partial charge >= 0.3 is 0 Å². The van der Waals surface area contributed by atoms with Gasteiger partial charge in [-0.25, -0.2) is 0 Å². The molecular weight excluding hydrogens is 428 g/mol. The van der Waals surface area contributed by atoms with Gasteiger partial charge in [-0.3, -0.25) is 0 Å². The van der Waals surface area contributed by atoms with Crippen molar-refractivity contribution in [2.75, 3.05) is 52.9 Å². The van der Waals surface area contributed by atoms with Crippen molar-refractivity contribution in [3.63, 3.8) is 0 Å². The summed E-state index contributed by atoms with van der Waals surface area (Å²) in [4.78, 5) is 0. The molecule has 0 radical (unpaired) electrons. The van der Waals surface area contributed by atoms with Crippen LogP contribution in [0.15, 0.2) is 36.4 Å². The van der Waals surface area contributed by atoms with E-state index in [4.69, 9.17) is 37.9 Å². The lowest BCUT2D eigenvalue weighted by molar-refractivity contribution is 0.195. The minimum atomic E-state index is 0.0891. The van der Waals surface area contributed by atoms with Crippen LogP contribution in [0.3, 0.4) is 0 Å². The first-order valence-corrected chi connectivity index (χ1v) is 11.5. The van der Waals surface area contributed by atoms with Crippen LogP contribution in [0, 0.1) is 0 Å². The fraction of sp³-hybridized carbons (Fsp3) is 0.520. The Morgan fingerprint density at radius 1 is 0.606 bits per heavy atom. The van der Waals surface area contributed by atoms with E-state index in [1.807, 2.05) is 24.3 Å². The Morgan fingerprint density at radius 3 is 1.64 bits per heavy atom. The largest absolute Gasteiger partial charge is 0.487 e. The van der Waals surface area contributed by atoms with Crippen LogP contribution in [-0.2, 0) is 25.4 Å². The van der Waals surface area contributed by atoms with E-state index in [0.29, 0.717) is 82.3 Å². The quantitative estimate of drug-likeness (QED) is 0.401. The van der Waals surface area contributed by atoms with Gasteiger partial charge in [-0.2, -0.15) is 0 Å². The molecule has 0 saturated carbocycles. The monoisotopic (exact) mass is 456 g/mol. The first kappa shape index (κ1) is 21.0. The Balaban J connectivity index is 1.37. The number of epoxide rings is 4. The minimum absolute atomic E-state index is 0.0891. The van der Waals surface area contributed by atoms with Crippen LogP contribution < -0.4 is 18.9 Å². The van der Waals surface area contributed by atoms with E-state index >= 15 is 0 Å². The van der Waals surface area contributed by atoms with Crippen molar-refractivity contribution in [3.8, 4) is 23.0 Å². The molecule has 0 spiro atoms. The molecule has 0 bridgehead atoms. The summed E-state index contributed by atoms with van der Waals surface area (Å²) in [6.45, 7) is 4.60. The number of hydrogen-bond acceptors (Lipinski definition) is 8. The maximum Gasteiger partial charge on any atom is 0.207 e. The van der Waals surface area contributed by atoms with Crippen molar-refractivity contribution < 1.29 is 37.9 Å². The van der Waals surface area contributed by atoms with Gasteiger partial charge in [0.25, 0.3) is 0 Å². The highest BCUT2D eigenvalue weighted by molar-refractivity contribution is 5.64. The molecule has 0 amide bonds. The second-order valence-electron chi connectivity index (χ2n) is 8.75. The van der Waals surface area contributed by atoms with Crippen LogP contribution >= 0.6 is 0 Å². The predicted molar refractivity (Wildman–Crippen MR) is 117 cm³/mol.